The molecule has 0 saturated carbocycles. The quantitative estimate of drug-likeness (QED) is 0.642. The van der Waals surface area contributed by atoms with Gasteiger partial charge in [0.15, 0.2) is 6.20 Å². The lowest BCUT2D eigenvalue weighted by molar-refractivity contribution is -0.659. The SMILES string of the molecule is Cc1ccccc1-c1ccc(-c2ccc(C(C)C)nc2)c[n+]1C. The van der Waals surface area contributed by atoms with E-state index in [2.05, 4.69) is 92.1 Å². The van der Waals surface area contributed by atoms with E-state index in [1.807, 2.05) is 6.20 Å². The molecule has 0 bridgehead atoms. The van der Waals surface area contributed by atoms with Crippen LogP contribution in [-0.4, -0.2) is 4.98 Å². The maximum absolute atomic E-state index is 4.57. The zero-order valence-electron chi connectivity index (χ0n) is 14.2. The molecule has 0 aliphatic carbocycles. The van der Waals surface area contributed by atoms with Gasteiger partial charge in [-0.15, -0.1) is 0 Å². The number of nitrogens with zero attached hydrogens (tertiary/aromatic N) is 2. The van der Waals surface area contributed by atoms with E-state index in [1.54, 1.807) is 0 Å². The van der Waals surface area contributed by atoms with E-state index < -0.39 is 0 Å². The number of pyridine rings is 2. The molecule has 0 N–H and O–H groups in total. The molecule has 1 aromatic carbocycles. The molecule has 0 aliphatic heterocycles. The van der Waals surface area contributed by atoms with Crippen LogP contribution >= 0.6 is 0 Å². The second-order valence-electron chi connectivity index (χ2n) is 6.36. The zero-order chi connectivity index (χ0) is 16.4. The highest BCUT2D eigenvalue weighted by Crippen LogP contribution is 2.24. The lowest BCUT2D eigenvalue weighted by Gasteiger charge is -2.07. The van der Waals surface area contributed by atoms with Crippen LogP contribution in [0.3, 0.4) is 0 Å². The van der Waals surface area contributed by atoms with Crippen LogP contribution in [0.15, 0.2) is 60.9 Å². The monoisotopic (exact) mass is 303 g/mol. The summed E-state index contributed by atoms with van der Waals surface area (Å²) in [5.74, 6) is 0.462. The maximum Gasteiger partial charge on any atom is 0.212 e. The third kappa shape index (κ3) is 3.16. The summed E-state index contributed by atoms with van der Waals surface area (Å²) in [6, 6.07) is 17.1. The van der Waals surface area contributed by atoms with Crippen molar-refractivity contribution in [2.24, 2.45) is 7.05 Å². The molecule has 0 radical (unpaired) electrons. The van der Waals surface area contributed by atoms with Gasteiger partial charge >= 0.3 is 0 Å². The predicted octanol–water partition coefficient (Wildman–Crippen LogP) is 4.67. The largest absolute Gasteiger partial charge is 0.260 e. The number of aryl methyl sites for hydroxylation is 2. The van der Waals surface area contributed by atoms with Crippen molar-refractivity contribution in [1.29, 1.82) is 0 Å². The average molecular weight is 303 g/mol. The maximum atomic E-state index is 4.57. The Morgan fingerprint density at radius 1 is 0.913 bits per heavy atom. The summed E-state index contributed by atoms with van der Waals surface area (Å²) >= 11 is 0. The molecule has 3 rings (SSSR count). The minimum Gasteiger partial charge on any atom is -0.260 e. The van der Waals surface area contributed by atoms with Crippen molar-refractivity contribution in [3.05, 3.63) is 72.2 Å². The molecular formula is C21H23N2+. The van der Waals surface area contributed by atoms with Crippen LogP contribution in [0.1, 0.15) is 31.0 Å². The second-order valence-corrected chi connectivity index (χ2v) is 6.36. The zero-order valence-corrected chi connectivity index (χ0v) is 14.2. The van der Waals surface area contributed by atoms with Gasteiger partial charge in [-0.25, -0.2) is 4.57 Å². The van der Waals surface area contributed by atoms with Crippen LogP contribution in [-0.2, 0) is 7.05 Å². The van der Waals surface area contributed by atoms with Crippen LogP contribution in [0.4, 0.5) is 0 Å². The van der Waals surface area contributed by atoms with Gasteiger partial charge < -0.3 is 0 Å². The standard InChI is InChI=1S/C21H23N2/c1-15(2)20-11-9-17(13-22-20)18-10-12-21(23(4)14-18)19-8-6-5-7-16(19)3/h5-15H,1-4H3/q+1. The number of hydrogen-bond donors (Lipinski definition) is 0. The Labute approximate surface area is 138 Å². The van der Waals surface area contributed by atoms with Crippen molar-refractivity contribution in [3.8, 4) is 22.4 Å². The predicted molar refractivity (Wildman–Crippen MR) is 95.1 cm³/mol. The van der Waals surface area contributed by atoms with Crippen LogP contribution in [0, 0.1) is 6.92 Å². The van der Waals surface area contributed by atoms with Crippen molar-refractivity contribution in [3.63, 3.8) is 0 Å². The summed E-state index contributed by atoms with van der Waals surface area (Å²) in [6.45, 7) is 6.48. The number of hydrogen-bond acceptors (Lipinski definition) is 1. The Morgan fingerprint density at radius 2 is 1.65 bits per heavy atom. The lowest BCUT2D eigenvalue weighted by atomic mass is 10.0. The summed E-state index contributed by atoms with van der Waals surface area (Å²) in [6.07, 6.45) is 4.14. The molecule has 0 unspecified atom stereocenters. The first kappa shape index (κ1) is 15.4. The average Bonchev–Trinajstić information content (AvgIpc) is 2.56. The van der Waals surface area contributed by atoms with Gasteiger partial charge in [-0.2, -0.15) is 0 Å². The van der Waals surface area contributed by atoms with Crippen LogP contribution in [0.5, 0.6) is 0 Å². The molecule has 23 heavy (non-hydrogen) atoms. The number of aromatic nitrogens is 2. The van der Waals surface area contributed by atoms with E-state index in [0.29, 0.717) is 5.92 Å². The Bertz CT molecular complexity index is 818. The molecule has 0 amide bonds. The van der Waals surface area contributed by atoms with E-state index in [1.165, 1.54) is 22.4 Å². The number of rotatable bonds is 3. The van der Waals surface area contributed by atoms with E-state index in [-0.39, 0.29) is 0 Å². The summed E-state index contributed by atoms with van der Waals surface area (Å²) in [5, 5.41) is 0. The highest BCUT2D eigenvalue weighted by Gasteiger charge is 2.13. The molecule has 0 fully saturated rings. The van der Waals surface area contributed by atoms with Gasteiger partial charge in [0, 0.05) is 34.6 Å². The Morgan fingerprint density at radius 3 is 2.26 bits per heavy atom. The van der Waals surface area contributed by atoms with E-state index in [9.17, 15) is 0 Å². The third-order valence-electron chi connectivity index (χ3n) is 4.27. The normalized spacial score (nSPS) is 11.0. The highest BCUT2D eigenvalue weighted by molar-refractivity contribution is 5.65. The molecule has 0 spiro atoms. The highest BCUT2D eigenvalue weighted by atomic mass is 14.9. The van der Waals surface area contributed by atoms with Crippen molar-refractivity contribution < 1.29 is 4.57 Å². The molecule has 2 heterocycles. The minimum atomic E-state index is 0.462. The molecule has 116 valence electrons. The fourth-order valence-electron chi connectivity index (χ4n) is 2.84. The Balaban J connectivity index is 1.98. The summed E-state index contributed by atoms with van der Waals surface area (Å²) in [7, 11) is 2.10. The van der Waals surface area contributed by atoms with Crippen LogP contribution in [0.2, 0.25) is 0 Å². The first-order valence-electron chi connectivity index (χ1n) is 8.08. The van der Waals surface area contributed by atoms with Crippen molar-refractivity contribution in [2.75, 3.05) is 0 Å². The Hall–Kier alpha value is -2.48. The lowest BCUT2D eigenvalue weighted by Crippen LogP contribution is -2.30. The van der Waals surface area contributed by atoms with Crippen LogP contribution in [0.25, 0.3) is 22.4 Å². The van der Waals surface area contributed by atoms with E-state index in [0.717, 1.165) is 11.3 Å². The van der Waals surface area contributed by atoms with Gasteiger partial charge in [0.1, 0.15) is 7.05 Å². The van der Waals surface area contributed by atoms with Gasteiger partial charge in [0.05, 0.1) is 0 Å². The van der Waals surface area contributed by atoms with Crippen molar-refractivity contribution in [2.45, 2.75) is 26.7 Å². The van der Waals surface area contributed by atoms with E-state index in [4.69, 9.17) is 0 Å². The second kappa shape index (κ2) is 6.33. The number of benzene rings is 1. The van der Waals surface area contributed by atoms with E-state index >= 15 is 0 Å². The molecule has 2 aromatic heterocycles. The van der Waals surface area contributed by atoms with Gasteiger partial charge in [-0.3, -0.25) is 4.98 Å². The van der Waals surface area contributed by atoms with Gasteiger partial charge in [-0.1, -0.05) is 38.1 Å². The first-order valence-corrected chi connectivity index (χ1v) is 8.08. The molecular weight excluding hydrogens is 280 g/mol. The summed E-state index contributed by atoms with van der Waals surface area (Å²) < 4.78 is 2.19. The molecule has 0 saturated heterocycles. The molecule has 2 heteroatoms. The molecule has 3 aromatic rings. The van der Waals surface area contributed by atoms with Crippen LogP contribution < -0.4 is 4.57 Å². The van der Waals surface area contributed by atoms with Gasteiger partial charge in [-0.05, 0) is 36.6 Å². The van der Waals surface area contributed by atoms with Crippen molar-refractivity contribution >= 4 is 0 Å². The van der Waals surface area contributed by atoms with Crippen molar-refractivity contribution in [1.82, 2.24) is 4.98 Å². The smallest absolute Gasteiger partial charge is 0.212 e. The molecule has 0 atom stereocenters. The topological polar surface area (TPSA) is 16.8 Å². The third-order valence-corrected chi connectivity index (χ3v) is 4.27. The fourth-order valence-corrected chi connectivity index (χ4v) is 2.84. The fraction of sp³-hybridized carbons (Fsp3) is 0.238. The van der Waals surface area contributed by atoms with Gasteiger partial charge in [0.2, 0.25) is 5.69 Å². The Kier molecular flexibility index (Phi) is 4.24. The summed E-state index contributed by atoms with van der Waals surface area (Å²) in [4.78, 5) is 4.57. The molecule has 0 aliphatic rings. The molecule has 2 nitrogen and oxygen atoms in total. The first-order chi connectivity index (χ1) is 11.1. The summed E-state index contributed by atoms with van der Waals surface area (Å²) in [5.41, 5.74) is 7.26. The minimum absolute atomic E-state index is 0.462. The van der Waals surface area contributed by atoms with Gasteiger partial charge in [0.25, 0.3) is 0 Å².